The van der Waals surface area contributed by atoms with E-state index in [-0.39, 0.29) is 18.0 Å². The van der Waals surface area contributed by atoms with Crippen molar-refractivity contribution in [2.45, 2.75) is 32.9 Å². The normalized spacial score (nSPS) is 18.4. The van der Waals surface area contributed by atoms with Crippen molar-refractivity contribution < 1.29 is 9.53 Å². The maximum atomic E-state index is 12.5. The monoisotopic (exact) mass is 466 g/mol. The van der Waals surface area contributed by atoms with Crippen molar-refractivity contribution in [1.82, 2.24) is 10.3 Å². The molecule has 0 aliphatic carbocycles. The summed E-state index contributed by atoms with van der Waals surface area (Å²) in [4.78, 5) is 20.3. The predicted octanol–water partition coefficient (Wildman–Crippen LogP) is 5.31. The third-order valence-electron chi connectivity index (χ3n) is 5.33. The van der Waals surface area contributed by atoms with Crippen LogP contribution in [0.2, 0.25) is 0 Å². The molecule has 6 nitrogen and oxygen atoms in total. The Hall–Kier alpha value is -2.97. The van der Waals surface area contributed by atoms with Gasteiger partial charge in [0.1, 0.15) is 5.75 Å². The molecule has 0 radical (unpaired) electrons. The lowest BCUT2D eigenvalue weighted by atomic mass is 9.95. The molecule has 1 amide bonds. The van der Waals surface area contributed by atoms with E-state index >= 15 is 0 Å². The fourth-order valence-corrected chi connectivity index (χ4v) is 4.82. The number of rotatable bonds is 5. The van der Waals surface area contributed by atoms with Crippen molar-refractivity contribution in [2.75, 3.05) is 17.3 Å². The van der Waals surface area contributed by atoms with E-state index in [2.05, 4.69) is 32.0 Å². The molecule has 2 atom stereocenters. The van der Waals surface area contributed by atoms with Crippen LogP contribution in [0.5, 0.6) is 5.75 Å². The van der Waals surface area contributed by atoms with Gasteiger partial charge in [-0.1, -0.05) is 32.9 Å². The molecule has 166 valence electrons. The maximum Gasteiger partial charge on any atom is 0.229 e. The number of ether oxygens (including phenoxy) is 1. The fraction of sp³-hybridized carbons (Fsp3) is 0.292. The highest BCUT2D eigenvalue weighted by Crippen LogP contribution is 2.44. The number of thiophene rings is 1. The van der Waals surface area contributed by atoms with Gasteiger partial charge in [0.2, 0.25) is 5.91 Å². The van der Waals surface area contributed by atoms with Gasteiger partial charge in [-0.05, 0) is 47.9 Å². The van der Waals surface area contributed by atoms with Gasteiger partial charge in [0.05, 0.1) is 30.6 Å². The second-order valence-electron chi connectivity index (χ2n) is 8.60. The molecule has 2 aromatic heterocycles. The van der Waals surface area contributed by atoms with Crippen LogP contribution in [0.4, 0.5) is 11.4 Å². The van der Waals surface area contributed by atoms with Crippen LogP contribution in [0.25, 0.3) is 0 Å². The maximum absolute atomic E-state index is 12.5. The molecule has 0 spiro atoms. The first kappa shape index (κ1) is 22.2. The van der Waals surface area contributed by atoms with E-state index in [9.17, 15) is 4.79 Å². The number of aromatic nitrogens is 1. The van der Waals surface area contributed by atoms with Crippen LogP contribution in [0.3, 0.4) is 0 Å². The molecule has 3 aromatic rings. The number of hydrogen-bond donors (Lipinski definition) is 2. The number of nitrogens with zero attached hydrogens (tertiary/aromatic N) is 2. The predicted molar refractivity (Wildman–Crippen MR) is 133 cm³/mol. The lowest BCUT2D eigenvalue weighted by molar-refractivity contribution is -0.123. The molecule has 0 unspecified atom stereocenters. The minimum absolute atomic E-state index is 0.0582. The van der Waals surface area contributed by atoms with Crippen LogP contribution in [0.15, 0.2) is 60.1 Å². The van der Waals surface area contributed by atoms with Crippen LogP contribution in [0, 0.1) is 5.41 Å². The average Bonchev–Trinajstić information content (AvgIpc) is 3.41. The number of carbonyl (C=O) groups is 1. The highest BCUT2D eigenvalue weighted by molar-refractivity contribution is 7.80. The van der Waals surface area contributed by atoms with Crippen LogP contribution >= 0.6 is 23.6 Å². The van der Waals surface area contributed by atoms with Gasteiger partial charge in [-0.25, -0.2) is 0 Å². The van der Waals surface area contributed by atoms with Crippen molar-refractivity contribution in [3.05, 3.63) is 70.7 Å². The summed E-state index contributed by atoms with van der Waals surface area (Å²) in [6, 6.07) is 15.6. The molecule has 2 N–H and O–H groups in total. The number of carbonyl (C=O) groups excluding carboxylic acids is 1. The highest BCUT2D eigenvalue weighted by Gasteiger charge is 2.41. The first-order valence-corrected chi connectivity index (χ1v) is 11.6. The topological polar surface area (TPSA) is 66.5 Å². The number of thiocarbonyl (C=S) groups is 1. The van der Waals surface area contributed by atoms with E-state index in [4.69, 9.17) is 17.0 Å². The Morgan fingerprint density at radius 3 is 2.66 bits per heavy atom. The molecule has 1 aromatic carbocycles. The first-order chi connectivity index (χ1) is 15.3. The van der Waals surface area contributed by atoms with Gasteiger partial charge >= 0.3 is 0 Å². The molecule has 1 saturated heterocycles. The summed E-state index contributed by atoms with van der Waals surface area (Å²) in [6.45, 7) is 5.63. The Labute approximate surface area is 197 Å². The zero-order chi connectivity index (χ0) is 22.9. The van der Waals surface area contributed by atoms with Gasteiger partial charge in [0.25, 0.3) is 0 Å². The van der Waals surface area contributed by atoms with Crippen molar-refractivity contribution >= 4 is 45.9 Å². The van der Waals surface area contributed by atoms with E-state index < -0.39 is 5.41 Å². The molecule has 1 aliphatic rings. The van der Waals surface area contributed by atoms with E-state index in [1.807, 2.05) is 63.2 Å². The molecular weight excluding hydrogens is 440 g/mol. The third-order valence-corrected chi connectivity index (χ3v) is 6.58. The summed E-state index contributed by atoms with van der Waals surface area (Å²) in [6.07, 6.45) is 1.80. The van der Waals surface area contributed by atoms with Gasteiger partial charge in [-0.3, -0.25) is 9.78 Å². The standard InChI is InChI=1S/C24H26N4O2S2/c1-24(2,3)22(29)26-16-11-10-15(14-18(16)30-4)28-21(19-9-7-13-32-19)20(27-23(28)31)17-8-5-6-12-25-17/h5-14,20-21H,1-4H3,(H,26,29)(H,27,31)/t20-,21+/m0/s1. The number of amides is 1. The summed E-state index contributed by atoms with van der Waals surface area (Å²) < 4.78 is 5.62. The molecule has 3 heterocycles. The molecule has 8 heteroatoms. The van der Waals surface area contributed by atoms with Crippen LogP contribution in [-0.2, 0) is 4.79 Å². The molecule has 1 aliphatic heterocycles. The molecular formula is C24H26N4O2S2. The zero-order valence-corrected chi connectivity index (χ0v) is 20.1. The number of benzene rings is 1. The SMILES string of the molecule is COc1cc(N2C(=S)N[C@@H](c3ccccn3)[C@H]2c2cccs2)ccc1NC(=O)C(C)(C)C. The third kappa shape index (κ3) is 4.33. The second kappa shape index (κ2) is 8.88. The van der Waals surface area contributed by atoms with Gasteiger partial charge in [-0.15, -0.1) is 11.3 Å². The smallest absolute Gasteiger partial charge is 0.229 e. The molecule has 0 saturated carbocycles. The minimum Gasteiger partial charge on any atom is -0.494 e. The van der Waals surface area contributed by atoms with Crippen LogP contribution in [-0.4, -0.2) is 23.1 Å². The van der Waals surface area contributed by atoms with E-state index in [1.54, 1.807) is 24.6 Å². The molecule has 0 bridgehead atoms. The van der Waals surface area contributed by atoms with Gasteiger partial charge in [-0.2, -0.15) is 0 Å². The lowest BCUT2D eigenvalue weighted by Gasteiger charge is -2.27. The van der Waals surface area contributed by atoms with Crippen LogP contribution in [0.1, 0.15) is 43.4 Å². The van der Waals surface area contributed by atoms with E-state index in [0.29, 0.717) is 16.5 Å². The average molecular weight is 467 g/mol. The zero-order valence-electron chi connectivity index (χ0n) is 18.5. The van der Waals surface area contributed by atoms with Crippen molar-refractivity contribution in [3.8, 4) is 5.75 Å². The lowest BCUT2D eigenvalue weighted by Crippen LogP contribution is -2.29. The number of hydrogen-bond acceptors (Lipinski definition) is 5. The summed E-state index contributed by atoms with van der Waals surface area (Å²) in [5.41, 5.74) is 1.93. The summed E-state index contributed by atoms with van der Waals surface area (Å²) in [7, 11) is 1.60. The Balaban J connectivity index is 1.72. The first-order valence-electron chi connectivity index (χ1n) is 10.3. The largest absolute Gasteiger partial charge is 0.494 e. The Kier molecular flexibility index (Phi) is 6.17. The summed E-state index contributed by atoms with van der Waals surface area (Å²) in [5, 5.41) is 9.10. The van der Waals surface area contributed by atoms with Gasteiger partial charge in [0.15, 0.2) is 5.11 Å². The van der Waals surface area contributed by atoms with Gasteiger partial charge < -0.3 is 20.3 Å². The number of nitrogens with one attached hydrogen (secondary N) is 2. The Morgan fingerprint density at radius 2 is 2.03 bits per heavy atom. The minimum atomic E-state index is -0.510. The van der Waals surface area contributed by atoms with E-state index in [1.165, 1.54) is 4.88 Å². The molecule has 1 fully saturated rings. The second-order valence-corrected chi connectivity index (χ2v) is 9.97. The molecule has 4 rings (SSSR count). The quantitative estimate of drug-likeness (QED) is 0.497. The summed E-state index contributed by atoms with van der Waals surface area (Å²) in [5.74, 6) is 0.503. The van der Waals surface area contributed by atoms with Crippen molar-refractivity contribution in [2.24, 2.45) is 5.41 Å². The fourth-order valence-electron chi connectivity index (χ4n) is 3.62. The Morgan fingerprint density at radius 1 is 1.22 bits per heavy atom. The number of anilines is 2. The molecule has 32 heavy (non-hydrogen) atoms. The van der Waals surface area contributed by atoms with Crippen LogP contribution < -0.4 is 20.3 Å². The van der Waals surface area contributed by atoms with E-state index in [0.717, 1.165) is 11.4 Å². The van der Waals surface area contributed by atoms with Crippen molar-refractivity contribution in [1.29, 1.82) is 0 Å². The number of pyridine rings is 1. The van der Waals surface area contributed by atoms with Gasteiger partial charge in [0, 0.05) is 28.2 Å². The Bertz CT molecular complexity index is 1110. The number of methoxy groups -OCH3 is 1. The van der Waals surface area contributed by atoms with Crippen molar-refractivity contribution in [3.63, 3.8) is 0 Å². The summed E-state index contributed by atoms with van der Waals surface area (Å²) >= 11 is 7.45. The highest BCUT2D eigenvalue weighted by atomic mass is 32.1.